The average Bonchev–Trinajstić information content (AvgIpc) is 3.14. The van der Waals surface area contributed by atoms with Gasteiger partial charge < -0.3 is 14.0 Å². The van der Waals surface area contributed by atoms with Gasteiger partial charge in [-0.25, -0.2) is 0 Å². The molecule has 0 N–H and O–H groups in total. The summed E-state index contributed by atoms with van der Waals surface area (Å²) in [5.74, 6) is 1.91. The number of fused-ring (bicyclic) bond motifs is 1. The van der Waals surface area contributed by atoms with Gasteiger partial charge in [-0.15, -0.1) is 0 Å². The lowest BCUT2D eigenvalue weighted by atomic mass is 10.00. The number of para-hydroxylation sites is 1. The Kier molecular flexibility index (Phi) is 3.59. The Hall–Kier alpha value is -2.63. The number of hydrogen-bond acceptors (Lipinski definition) is 4. The molecule has 2 aromatic heterocycles. The fraction of sp³-hybridized carbons (Fsp3) is 0.389. The first-order valence-electron chi connectivity index (χ1n) is 8.27. The van der Waals surface area contributed by atoms with Gasteiger partial charge in [0, 0.05) is 30.7 Å². The van der Waals surface area contributed by atoms with Gasteiger partial charge in [-0.3, -0.25) is 4.79 Å². The van der Waals surface area contributed by atoms with E-state index in [1.54, 1.807) is 0 Å². The number of hydrogen-bond donors (Lipinski definition) is 0. The standard InChI is InChI=1S/C18H20N4O2/c1-12(2)17-19-18(24-20-17)14-9-22(10-14)16(23)11-21-8-7-13-5-3-4-6-15(13)21/h3-8,12,14H,9-11H2,1-2H3. The highest BCUT2D eigenvalue weighted by atomic mass is 16.5. The highest BCUT2D eigenvalue weighted by Crippen LogP contribution is 2.27. The number of aromatic nitrogens is 3. The number of likely N-dealkylation sites (tertiary alicyclic amines) is 1. The minimum absolute atomic E-state index is 0.121. The van der Waals surface area contributed by atoms with Crippen molar-refractivity contribution in [1.82, 2.24) is 19.6 Å². The third kappa shape index (κ3) is 2.58. The number of rotatable bonds is 4. The second-order valence-corrected chi connectivity index (χ2v) is 6.64. The maximum atomic E-state index is 12.5. The van der Waals surface area contributed by atoms with Crippen LogP contribution >= 0.6 is 0 Å². The Labute approximate surface area is 140 Å². The molecular formula is C18H20N4O2. The van der Waals surface area contributed by atoms with Crippen LogP contribution in [0.5, 0.6) is 0 Å². The van der Waals surface area contributed by atoms with Crippen molar-refractivity contribution in [2.24, 2.45) is 0 Å². The Morgan fingerprint density at radius 1 is 1.29 bits per heavy atom. The molecule has 0 saturated carbocycles. The third-order valence-electron chi connectivity index (χ3n) is 4.54. The van der Waals surface area contributed by atoms with Crippen molar-refractivity contribution in [1.29, 1.82) is 0 Å². The molecule has 24 heavy (non-hydrogen) atoms. The number of nitrogens with zero attached hydrogens (tertiary/aromatic N) is 4. The van der Waals surface area contributed by atoms with Gasteiger partial charge in [-0.05, 0) is 17.5 Å². The van der Waals surface area contributed by atoms with Crippen LogP contribution in [0.4, 0.5) is 0 Å². The van der Waals surface area contributed by atoms with Gasteiger partial charge in [0.1, 0.15) is 6.54 Å². The average molecular weight is 324 g/mol. The molecule has 0 atom stereocenters. The van der Waals surface area contributed by atoms with Gasteiger partial charge in [0.15, 0.2) is 5.82 Å². The second-order valence-electron chi connectivity index (χ2n) is 6.64. The molecule has 1 saturated heterocycles. The molecule has 124 valence electrons. The molecule has 1 aromatic carbocycles. The monoisotopic (exact) mass is 324 g/mol. The van der Waals surface area contributed by atoms with Crippen molar-refractivity contribution >= 4 is 16.8 Å². The van der Waals surface area contributed by atoms with E-state index in [2.05, 4.69) is 16.2 Å². The molecule has 0 unspecified atom stereocenters. The molecule has 0 spiro atoms. The van der Waals surface area contributed by atoms with E-state index in [0.717, 1.165) is 16.7 Å². The molecule has 1 fully saturated rings. The summed E-state index contributed by atoms with van der Waals surface area (Å²) in [6, 6.07) is 10.1. The van der Waals surface area contributed by atoms with Gasteiger partial charge in [0.25, 0.3) is 0 Å². The van der Waals surface area contributed by atoms with Crippen LogP contribution in [-0.2, 0) is 11.3 Å². The van der Waals surface area contributed by atoms with Crippen LogP contribution in [0.3, 0.4) is 0 Å². The lowest BCUT2D eigenvalue weighted by Gasteiger charge is -2.37. The minimum Gasteiger partial charge on any atom is -0.339 e. The van der Waals surface area contributed by atoms with Gasteiger partial charge in [0.2, 0.25) is 11.8 Å². The normalized spacial score (nSPS) is 15.2. The molecule has 1 aliphatic rings. The summed E-state index contributed by atoms with van der Waals surface area (Å²) < 4.78 is 7.31. The fourth-order valence-corrected chi connectivity index (χ4v) is 3.01. The maximum Gasteiger partial charge on any atom is 0.242 e. The summed E-state index contributed by atoms with van der Waals surface area (Å²) in [6.45, 7) is 5.73. The van der Waals surface area contributed by atoms with Crippen molar-refractivity contribution in [3.05, 3.63) is 48.2 Å². The summed E-state index contributed by atoms with van der Waals surface area (Å²) in [5, 5.41) is 5.14. The SMILES string of the molecule is CC(C)c1noc(C2CN(C(=O)Cn3ccc4ccccc43)C2)n1. The van der Waals surface area contributed by atoms with Crippen molar-refractivity contribution in [3.63, 3.8) is 0 Å². The van der Waals surface area contributed by atoms with Crippen LogP contribution in [0.2, 0.25) is 0 Å². The van der Waals surface area contributed by atoms with Crippen LogP contribution < -0.4 is 0 Å². The largest absolute Gasteiger partial charge is 0.339 e. The molecule has 1 aliphatic heterocycles. The zero-order chi connectivity index (χ0) is 16.7. The van der Waals surface area contributed by atoms with Gasteiger partial charge in [-0.1, -0.05) is 37.2 Å². The summed E-state index contributed by atoms with van der Waals surface area (Å²) >= 11 is 0. The van der Waals surface area contributed by atoms with E-state index >= 15 is 0 Å². The van der Waals surface area contributed by atoms with E-state index < -0.39 is 0 Å². The van der Waals surface area contributed by atoms with E-state index in [4.69, 9.17) is 4.52 Å². The van der Waals surface area contributed by atoms with Crippen LogP contribution in [-0.4, -0.2) is 38.6 Å². The molecule has 6 nitrogen and oxygen atoms in total. The number of carbonyl (C=O) groups is 1. The smallest absolute Gasteiger partial charge is 0.242 e. The van der Waals surface area contributed by atoms with E-state index in [1.165, 1.54) is 0 Å². The van der Waals surface area contributed by atoms with Crippen LogP contribution in [0.15, 0.2) is 41.1 Å². The second kappa shape index (κ2) is 5.78. The highest BCUT2D eigenvalue weighted by Gasteiger charge is 2.35. The topological polar surface area (TPSA) is 64.2 Å². The third-order valence-corrected chi connectivity index (χ3v) is 4.54. The Morgan fingerprint density at radius 3 is 2.83 bits per heavy atom. The molecule has 0 bridgehead atoms. The summed E-state index contributed by atoms with van der Waals surface area (Å²) in [4.78, 5) is 18.7. The van der Waals surface area contributed by atoms with Gasteiger partial charge in [0.05, 0.1) is 5.92 Å². The Morgan fingerprint density at radius 2 is 2.08 bits per heavy atom. The predicted octanol–water partition coefficient (Wildman–Crippen LogP) is 2.77. The fourth-order valence-electron chi connectivity index (χ4n) is 3.01. The molecule has 0 aliphatic carbocycles. The van der Waals surface area contributed by atoms with Crippen LogP contribution in [0.25, 0.3) is 10.9 Å². The lowest BCUT2D eigenvalue weighted by molar-refractivity contribution is -0.136. The van der Waals surface area contributed by atoms with Crippen molar-refractivity contribution in [2.45, 2.75) is 32.2 Å². The first-order chi connectivity index (χ1) is 11.6. The van der Waals surface area contributed by atoms with E-state index in [-0.39, 0.29) is 17.7 Å². The number of benzene rings is 1. The first kappa shape index (κ1) is 14.9. The van der Waals surface area contributed by atoms with E-state index in [0.29, 0.717) is 25.5 Å². The van der Waals surface area contributed by atoms with Gasteiger partial charge >= 0.3 is 0 Å². The summed E-state index contributed by atoms with van der Waals surface area (Å²) in [5.41, 5.74) is 1.08. The number of amides is 1. The molecule has 0 radical (unpaired) electrons. The zero-order valence-corrected chi connectivity index (χ0v) is 13.8. The molecule has 6 heteroatoms. The molecule has 1 amide bonds. The minimum atomic E-state index is 0.121. The first-order valence-corrected chi connectivity index (χ1v) is 8.27. The molecular weight excluding hydrogens is 304 g/mol. The van der Waals surface area contributed by atoms with Crippen molar-refractivity contribution in [2.75, 3.05) is 13.1 Å². The Bertz CT molecular complexity index is 874. The molecule has 3 heterocycles. The molecule has 3 aromatic rings. The quantitative estimate of drug-likeness (QED) is 0.740. The summed E-state index contributed by atoms with van der Waals surface area (Å²) in [7, 11) is 0. The van der Waals surface area contributed by atoms with Crippen molar-refractivity contribution < 1.29 is 9.32 Å². The van der Waals surface area contributed by atoms with Crippen LogP contribution in [0.1, 0.15) is 37.4 Å². The summed E-state index contributed by atoms with van der Waals surface area (Å²) in [6.07, 6.45) is 1.97. The van der Waals surface area contributed by atoms with Gasteiger partial charge in [-0.2, -0.15) is 4.98 Å². The Balaban J connectivity index is 1.39. The zero-order valence-electron chi connectivity index (χ0n) is 13.8. The molecule has 4 rings (SSSR count). The van der Waals surface area contributed by atoms with E-state index in [9.17, 15) is 4.79 Å². The van der Waals surface area contributed by atoms with Crippen molar-refractivity contribution in [3.8, 4) is 0 Å². The predicted molar refractivity (Wildman–Crippen MR) is 89.6 cm³/mol. The highest BCUT2D eigenvalue weighted by molar-refractivity contribution is 5.83. The van der Waals surface area contributed by atoms with Crippen LogP contribution in [0, 0.1) is 0 Å². The lowest BCUT2D eigenvalue weighted by Crippen LogP contribution is -2.49. The van der Waals surface area contributed by atoms with E-state index in [1.807, 2.05) is 53.8 Å². The maximum absolute atomic E-state index is 12.5. The number of carbonyl (C=O) groups excluding carboxylic acids is 1.